The van der Waals surface area contributed by atoms with E-state index in [4.69, 9.17) is 12.2 Å². The minimum atomic E-state index is -0.0407. The summed E-state index contributed by atoms with van der Waals surface area (Å²) in [6.45, 7) is 2.65. The lowest BCUT2D eigenvalue weighted by atomic mass is 9.98. The number of tetrazole rings is 1. The SMILES string of the molecule is CCC#CC(CC=S)c1ncnn1Cc1ccc(-c2ccccc2-c2nn[nH]n2)cc1. The smallest absolute Gasteiger partial charge is 0.205 e. The van der Waals surface area contributed by atoms with Crippen LogP contribution < -0.4 is 0 Å². The fraction of sp³-hybridized carbons (Fsp3) is 0.217. The molecule has 0 saturated heterocycles. The summed E-state index contributed by atoms with van der Waals surface area (Å²) in [4.78, 5) is 4.45. The van der Waals surface area contributed by atoms with Gasteiger partial charge in [-0.1, -0.05) is 73.6 Å². The number of nitrogens with zero attached hydrogens (tertiary/aromatic N) is 6. The van der Waals surface area contributed by atoms with Crippen molar-refractivity contribution in [2.45, 2.75) is 32.2 Å². The van der Waals surface area contributed by atoms with Crippen LogP contribution in [0.15, 0.2) is 54.9 Å². The monoisotopic (exact) mass is 427 g/mol. The minimum absolute atomic E-state index is 0.0407. The van der Waals surface area contributed by atoms with Gasteiger partial charge in [-0.05, 0) is 33.7 Å². The predicted octanol–water partition coefficient (Wildman–Crippen LogP) is 4.06. The van der Waals surface area contributed by atoms with Gasteiger partial charge in [0.05, 0.1) is 12.5 Å². The van der Waals surface area contributed by atoms with Gasteiger partial charge >= 0.3 is 0 Å². The molecular weight excluding hydrogens is 406 g/mol. The Morgan fingerprint density at radius 2 is 1.94 bits per heavy atom. The third-order valence-electron chi connectivity index (χ3n) is 4.85. The highest BCUT2D eigenvalue weighted by molar-refractivity contribution is 7.78. The molecule has 0 bridgehead atoms. The van der Waals surface area contributed by atoms with Crippen molar-refractivity contribution >= 4 is 17.6 Å². The van der Waals surface area contributed by atoms with Crippen LogP contribution >= 0.6 is 12.2 Å². The average molecular weight is 428 g/mol. The second-order valence-corrected chi connectivity index (χ2v) is 7.22. The average Bonchev–Trinajstić information content (AvgIpc) is 3.50. The Balaban J connectivity index is 1.58. The Morgan fingerprint density at radius 3 is 2.65 bits per heavy atom. The Morgan fingerprint density at radius 1 is 1.13 bits per heavy atom. The first kappa shape index (κ1) is 20.6. The highest BCUT2D eigenvalue weighted by Gasteiger charge is 2.15. The normalized spacial score (nSPS) is 11.5. The van der Waals surface area contributed by atoms with E-state index in [1.54, 1.807) is 11.7 Å². The van der Waals surface area contributed by atoms with Crippen LogP contribution in [0.2, 0.25) is 0 Å². The van der Waals surface area contributed by atoms with Crippen LogP contribution in [-0.4, -0.2) is 40.8 Å². The third kappa shape index (κ3) is 4.73. The number of hydrogen-bond acceptors (Lipinski definition) is 6. The van der Waals surface area contributed by atoms with E-state index in [1.165, 1.54) is 0 Å². The van der Waals surface area contributed by atoms with Crippen LogP contribution in [0.3, 0.4) is 0 Å². The summed E-state index contributed by atoms with van der Waals surface area (Å²) in [5, 5.41) is 20.5. The lowest BCUT2D eigenvalue weighted by Gasteiger charge is -2.11. The van der Waals surface area contributed by atoms with E-state index in [9.17, 15) is 0 Å². The van der Waals surface area contributed by atoms with E-state index >= 15 is 0 Å². The molecule has 0 saturated carbocycles. The number of thiocarbonyl (C=S) groups is 1. The number of rotatable bonds is 7. The molecule has 0 fully saturated rings. The van der Waals surface area contributed by atoms with Gasteiger partial charge in [0, 0.05) is 12.0 Å². The zero-order chi connectivity index (χ0) is 21.5. The lowest BCUT2D eigenvalue weighted by molar-refractivity contribution is 0.622. The van der Waals surface area contributed by atoms with Gasteiger partial charge in [-0.3, -0.25) is 0 Å². The maximum atomic E-state index is 5.06. The van der Waals surface area contributed by atoms with Gasteiger partial charge in [0.25, 0.3) is 0 Å². The number of H-pyrrole nitrogens is 1. The molecule has 0 aliphatic heterocycles. The molecule has 0 spiro atoms. The van der Waals surface area contributed by atoms with E-state index < -0.39 is 0 Å². The van der Waals surface area contributed by atoms with Crippen molar-refractivity contribution in [3.05, 3.63) is 66.2 Å². The van der Waals surface area contributed by atoms with E-state index in [0.29, 0.717) is 18.8 Å². The molecule has 1 unspecified atom stereocenters. The number of nitrogens with one attached hydrogen (secondary N) is 1. The van der Waals surface area contributed by atoms with Gasteiger partial charge in [0.1, 0.15) is 12.2 Å². The topological polar surface area (TPSA) is 85.2 Å². The summed E-state index contributed by atoms with van der Waals surface area (Å²) in [5.41, 5.74) is 4.18. The molecule has 4 aromatic rings. The number of aromatic amines is 1. The van der Waals surface area contributed by atoms with Crippen LogP contribution in [0.25, 0.3) is 22.5 Å². The fourth-order valence-corrected chi connectivity index (χ4v) is 3.58. The molecule has 1 atom stereocenters. The molecule has 7 nitrogen and oxygen atoms in total. The molecule has 1 N–H and O–H groups in total. The fourth-order valence-electron chi connectivity index (χ4n) is 3.38. The summed E-state index contributed by atoms with van der Waals surface area (Å²) in [5.74, 6) is 7.77. The highest BCUT2D eigenvalue weighted by atomic mass is 32.1. The Hall–Kier alpha value is -3.70. The van der Waals surface area contributed by atoms with Crippen molar-refractivity contribution in [1.82, 2.24) is 35.4 Å². The quantitative estimate of drug-likeness (QED) is 0.354. The highest BCUT2D eigenvalue weighted by Crippen LogP contribution is 2.29. The van der Waals surface area contributed by atoms with Gasteiger partial charge in [0.2, 0.25) is 5.82 Å². The van der Waals surface area contributed by atoms with Gasteiger partial charge in [-0.25, -0.2) is 9.67 Å². The van der Waals surface area contributed by atoms with Gasteiger partial charge in [-0.15, -0.1) is 16.1 Å². The van der Waals surface area contributed by atoms with Crippen molar-refractivity contribution in [1.29, 1.82) is 0 Å². The molecule has 154 valence electrons. The maximum Gasteiger partial charge on any atom is 0.205 e. The first-order valence-corrected chi connectivity index (χ1v) is 10.5. The van der Waals surface area contributed by atoms with Gasteiger partial charge < -0.3 is 0 Å². The first-order valence-electron chi connectivity index (χ1n) is 10.0. The summed E-state index contributed by atoms with van der Waals surface area (Å²) < 4.78 is 1.90. The zero-order valence-electron chi connectivity index (χ0n) is 17.1. The molecule has 0 amide bonds. The number of hydrogen-bond donors (Lipinski definition) is 1. The van der Waals surface area contributed by atoms with E-state index in [1.807, 2.05) is 29.8 Å². The molecule has 2 heterocycles. The van der Waals surface area contributed by atoms with Crippen molar-refractivity contribution in [2.24, 2.45) is 0 Å². The summed E-state index contributed by atoms with van der Waals surface area (Å²) in [6, 6.07) is 16.4. The second kappa shape index (κ2) is 9.87. The van der Waals surface area contributed by atoms with Crippen molar-refractivity contribution < 1.29 is 0 Å². The van der Waals surface area contributed by atoms with Crippen LogP contribution in [0.4, 0.5) is 0 Å². The first-order chi connectivity index (χ1) is 15.3. The second-order valence-electron chi connectivity index (χ2n) is 6.88. The summed E-state index contributed by atoms with van der Waals surface area (Å²) in [7, 11) is 0. The van der Waals surface area contributed by atoms with E-state index in [0.717, 1.165) is 34.5 Å². The number of aromatic nitrogens is 7. The maximum absolute atomic E-state index is 5.06. The molecule has 0 aliphatic carbocycles. The Bertz CT molecular complexity index is 1200. The molecule has 2 aromatic heterocycles. The van der Waals surface area contributed by atoms with E-state index in [-0.39, 0.29) is 5.92 Å². The molecule has 31 heavy (non-hydrogen) atoms. The van der Waals surface area contributed by atoms with Crippen LogP contribution in [0.1, 0.15) is 37.1 Å². The van der Waals surface area contributed by atoms with Crippen molar-refractivity contribution in [3.63, 3.8) is 0 Å². The summed E-state index contributed by atoms with van der Waals surface area (Å²) in [6.07, 6.45) is 3.05. The van der Waals surface area contributed by atoms with Crippen LogP contribution in [0, 0.1) is 11.8 Å². The van der Waals surface area contributed by atoms with Crippen LogP contribution in [0.5, 0.6) is 0 Å². The molecule has 2 aromatic carbocycles. The predicted molar refractivity (Wildman–Crippen MR) is 123 cm³/mol. The molecule has 0 radical (unpaired) electrons. The Kier molecular flexibility index (Phi) is 6.55. The van der Waals surface area contributed by atoms with E-state index in [2.05, 4.69) is 72.9 Å². The van der Waals surface area contributed by atoms with Gasteiger partial charge in [0.15, 0.2) is 0 Å². The molecule has 0 aliphatic rings. The van der Waals surface area contributed by atoms with Crippen molar-refractivity contribution in [2.75, 3.05) is 0 Å². The van der Waals surface area contributed by atoms with Crippen LogP contribution in [-0.2, 0) is 6.54 Å². The molecule has 8 heteroatoms. The number of benzene rings is 2. The third-order valence-corrected chi connectivity index (χ3v) is 5.05. The standard InChI is InChI=1S/C23H21N7S/c1-2-3-6-19(13-14-31)23-24-16-25-30(23)15-17-9-11-18(12-10-17)20-7-4-5-8-21(20)22-26-28-29-27-22/h4-5,7-12,14,16,19H,2,13,15H2,1H3,(H,26,27,28,29). The largest absolute Gasteiger partial charge is 0.244 e. The summed E-state index contributed by atoms with van der Waals surface area (Å²) >= 11 is 5.06. The Labute approximate surface area is 185 Å². The molecular formula is C23H21N7S. The lowest BCUT2D eigenvalue weighted by Crippen LogP contribution is -2.11. The van der Waals surface area contributed by atoms with Crippen molar-refractivity contribution in [3.8, 4) is 34.4 Å². The molecule has 4 rings (SSSR count). The zero-order valence-corrected chi connectivity index (χ0v) is 17.9. The van der Waals surface area contributed by atoms with Gasteiger partial charge in [-0.2, -0.15) is 10.3 Å². The minimum Gasteiger partial charge on any atom is -0.244 e.